The van der Waals surface area contributed by atoms with Gasteiger partial charge in [0, 0.05) is 11.0 Å². The minimum atomic E-state index is 0.958. The van der Waals surface area contributed by atoms with Gasteiger partial charge < -0.3 is 0 Å². The highest BCUT2D eigenvalue weighted by molar-refractivity contribution is 8.77. The van der Waals surface area contributed by atoms with Crippen molar-refractivity contribution < 1.29 is 0 Å². The summed E-state index contributed by atoms with van der Waals surface area (Å²) in [5.74, 6) is 1.37. The van der Waals surface area contributed by atoms with Crippen LogP contribution in [0.4, 0.5) is 0 Å². The van der Waals surface area contributed by atoms with Gasteiger partial charge in [0.2, 0.25) is 0 Å². The maximum absolute atomic E-state index is 3.92. The van der Waals surface area contributed by atoms with Crippen LogP contribution < -0.4 is 0 Å². The van der Waals surface area contributed by atoms with Crippen molar-refractivity contribution in [3.8, 4) is 0 Å². The number of rotatable bonds is 5. The lowest BCUT2D eigenvalue weighted by molar-refractivity contribution is 0.649. The first kappa shape index (κ1) is 10.5. The highest BCUT2D eigenvalue weighted by Gasteiger charge is 2.15. The molecule has 0 nitrogen and oxygen atoms in total. The molecule has 0 N–H and O–H groups in total. The zero-order chi connectivity index (χ0) is 8.81. The molecule has 1 unspecified atom stereocenters. The zero-order valence-corrected chi connectivity index (χ0v) is 9.48. The summed E-state index contributed by atoms with van der Waals surface area (Å²) in [7, 11) is 4.14. The van der Waals surface area contributed by atoms with Crippen molar-refractivity contribution in [1.82, 2.24) is 0 Å². The summed E-state index contributed by atoms with van der Waals surface area (Å²) in [6.07, 6.45) is 6.82. The van der Waals surface area contributed by atoms with Crippen LogP contribution in [0.15, 0.2) is 12.2 Å². The third-order valence-electron chi connectivity index (χ3n) is 2.11. The molecule has 0 aliphatic carbocycles. The summed E-state index contributed by atoms with van der Waals surface area (Å²) in [6.45, 7) is 6.04. The van der Waals surface area contributed by atoms with Gasteiger partial charge in [0.05, 0.1) is 0 Å². The van der Waals surface area contributed by atoms with Gasteiger partial charge in [-0.2, -0.15) is 0 Å². The molecule has 1 rings (SSSR count). The zero-order valence-electron chi connectivity index (χ0n) is 7.84. The van der Waals surface area contributed by atoms with Crippen LogP contribution in [-0.2, 0) is 0 Å². The van der Waals surface area contributed by atoms with Gasteiger partial charge in [-0.15, -0.1) is 6.58 Å². The predicted octanol–water partition coefficient (Wildman–Crippen LogP) is 4.28. The van der Waals surface area contributed by atoms with Crippen LogP contribution in [0.5, 0.6) is 0 Å². The van der Waals surface area contributed by atoms with E-state index < -0.39 is 0 Å². The van der Waals surface area contributed by atoms with Crippen molar-refractivity contribution in [2.75, 3.05) is 5.75 Å². The van der Waals surface area contributed by atoms with Crippen LogP contribution in [0.25, 0.3) is 0 Å². The second-order valence-electron chi connectivity index (χ2n) is 3.53. The van der Waals surface area contributed by atoms with E-state index in [2.05, 4.69) is 24.3 Å². The Bertz CT molecular complexity index is 137. The fourth-order valence-corrected chi connectivity index (χ4v) is 4.39. The van der Waals surface area contributed by atoms with Gasteiger partial charge in [-0.05, 0) is 32.6 Å². The summed E-state index contributed by atoms with van der Waals surface area (Å²) in [6, 6.07) is 0. The second-order valence-corrected chi connectivity index (χ2v) is 6.32. The molecule has 0 saturated carbocycles. The fraction of sp³-hybridized carbons (Fsp3) is 0.800. The molecule has 0 aromatic rings. The second kappa shape index (κ2) is 5.98. The lowest BCUT2D eigenvalue weighted by Gasteiger charge is -2.06. The highest BCUT2D eigenvalue weighted by Crippen LogP contribution is 2.39. The maximum atomic E-state index is 3.92. The minimum absolute atomic E-state index is 0.958. The van der Waals surface area contributed by atoms with Gasteiger partial charge in [0.1, 0.15) is 0 Å². The van der Waals surface area contributed by atoms with E-state index in [4.69, 9.17) is 0 Å². The highest BCUT2D eigenvalue weighted by atomic mass is 33.1. The van der Waals surface area contributed by atoms with E-state index in [1.807, 2.05) is 10.8 Å². The van der Waals surface area contributed by atoms with E-state index in [1.54, 1.807) is 0 Å². The van der Waals surface area contributed by atoms with Gasteiger partial charge in [-0.1, -0.05) is 33.6 Å². The predicted molar refractivity (Wildman–Crippen MR) is 61.7 cm³/mol. The maximum Gasteiger partial charge on any atom is 0.0159 e. The van der Waals surface area contributed by atoms with E-state index in [1.165, 1.54) is 43.4 Å². The molecule has 0 aromatic heterocycles. The Labute approximate surface area is 84.0 Å². The molecule has 1 aliphatic heterocycles. The smallest absolute Gasteiger partial charge is 0.0159 e. The Morgan fingerprint density at radius 2 is 2.33 bits per heavy atom. The van der Waals surface area contributed by atoms with Crippen molar-refractivity contribution in [2.45, 2.75) is 44.3 Å². The topological polar surface area (TPSA) is 0 Å². The van der Waals surface area contributed by atoms with Crippen LogP contribution in [-0.4, -0.2) is 11.0 Å². The molecule has 0 radical (unpaired) electrons. The van der Waals surface area contributed by atoms with Crippen molar-refractivity contribution >= 4 is 21.6 Å². The van der Waals surface area contributed by atoms with Crippen LogP contribution in [0.1, 0.15) is 39.0 Å². The average Bonchev–Trinajstić information content (AvgIpc) is 2.49. The third kappa shape index (κ3) is 4.46. The van der Waals surface area contributed by atoms with Gasteiger partial charge >= 0.3 is 0 Å². The van der Waals surface area contributed by atoms with E-state index in [-0.39, 0.29) is 0 Å². The van der Waals surface area contributed by atoms with E-state index in [9.17, 15) is 0 Å². The summed E-state index contributed by atoms with van der Waals surface area (Å²) in [5.41, 5.74) is 1.34. The molecule has 0 aromatic carbocycles. The summed E-state index contributed by atoms with van der Waals surface area (Å²) in [5, 5.41) is 0.958. The normalized spacial score (nSPS) is 22.9. The summed E-state index contributed by atoms with van der Waals surface area (Å²) >= 11 is 0. The molecule has 0 amide bonds. The Morgan fingerprint density at radius 1 is 1.50 bits per heavy atom. The quantitative estimate of drug-likeness (QED) is 0.371. The fourth-order valence-electron chi connectivity index (χ4n) is 1.36. The molecule has 1 saturated heterocycles. The van der Waals surface area contributed by atoms with Crippen LogP contribution in [0.3, 0.4) is 0 Å². The molecule has 70 valence electrons. The van der Waals surface area contributed by atoms with Gasteiger partial charge in [-0.3, -0.25) is 0 Å². The molecular formula is C10H18S2. The Hall–Kier alpha value is 0.440. The van der Waals surface area contributed by atoms with E-state index in [0.29, 0.717) is 0 Å². The van der Waals surface area contributed by atoms with E-state index >= 15 is 0 Å². The van der Waals surface area contributed by atoms with Crippen LogP contribution >= 0.6 is 21.6 Å². The minimum Gasteiger partial charge on any atom is -0.100 e. The van der Waals surface area contributed by atoms with E-state index in [0.717, 1.165) is 5.25 Å². The standard InChI is InChI=1S/C10H18S2/c1-9(2)5-3-4-6-10-7-8-11-12-10/h10H,1,3-8H2,2H3. The summed E-state index contributed by atoms with van der Waals surface area (Å²) < 4.78 is 0. The van der Waals surface area contributed by atoms with Crippen LogP contribution in [0.2, 0.25) is 0 Å². The van der Waals surface area contributed by atoms with Gasteiger partial charge in [-0.25, -0.2) is 0 Å². The average molecular weight is 202 g/mol. The molecule has 0 bridgehead atoms. The Balaban J connectivity index is 1.91. The van der Waals surface area contributed by atoms with Crippen molar-refractivity contribution in [2.24, 2.45) is 0 Å². The van der Waals surface area contributed by atoms with Crippen LogP contribution in [0, 0.1) is 0 Å². The molecular weight excluding hydrogens is 184 g/mol. The molecule has 0 spiro atoms. The lowest BCUT2D eigenvalue weighted by atomic mass is 10.1. The van der Waals surface area contributed by atoms with Gasteiger partial charge in [0.25, 0.3) is 0 Å². The number of hydrogen-bond donors (Lipinski definition) is 0. The monoisotopic (exact) mass is 202 g/mol. The largest absolute Gasteiger partial charge is 0.100 e. The first-order valence-corrected chi connectivity index (χ1v) is 7.10. The molecule has 1 fully saturated rings. The first-order chi connectivity index (χ1) is 5.79. The van der Waals surface area contributed by atoms with Gasteiger partial charge in [0.15, 0.2) is 0 Å². The lowest BCUT2D eigenvalue weighted by Crippen LogP contribution is -1.96. The molecule has 2 heteroatoms. The number of unbranched alkanes of at least 4 members (excludes halogenated alkanes) is 1. The number of hydrogen-bond acceptors (Lipinski definition) is 2. The first-order valence-electron chi connectivity index (χ1n) is 4.71. The molecule has 1 atom stereocenters. The number of allylic oxidation sites excluding steroid dienone is 1. The SMILES string of the molecule is C=C(C)CCCCC1CCSS1. The van der Waals surface area contributed by atoms with Crippen molar-refractivity contribution in [3.63, 3.8) is 0 Å². The molecule has 1 aliphatic rings. The Kier molecular flexibility index (Phi) is 5.24. The Morgan fingerprint density at radius 3 is 2.92 bits per heavy atom. The van der Waals surface area contributed by atoms with Crippen molar-refractivity contribution in [3.05, 3.63) is 12.2 Å². The van der Waals surface area contributed by atoms with Crippen molar-refractivity contribution in [1.29, 1.82) is 0 Å². The summed E-state index contributed by atoms with van der Waals surface area (Å²) in [4.78, 5) is 0. The third-order valence-corrected chi connectivity index (χ3v) is 5.11. The molecule has 1 heterocycles. The molecule has 12 heavy (non-hydrogen) atoms.